The van der Waals surface area contributed by atoms with Crippen molar-refractivity contribution >= 4 is 0 Å². The van der Waals surface area contributed by atoms with Crippen LogP contribution in [-0.4, -0.2) is 37.9 Å². The zero-order chi connectivity index (χ0) is 20.6. The minimum atomic E-state index is -0.231. The van der Waals surface area contributed by atoms with Crippen molar-refractivity contribution in [2.45, 2.75) is 25.7 Å². The normalized spacial score (nSPS) is 18.4. The maximum Gasteiger partial charge on any atom is 0.229 e. The number of likely N-dealkylation sites (tertiary alicyclic amines) is 1. The van der Waals surface area contributed by atoms with E-state index in [9.17, 15) is 4.39 Å². The molecule has 0 spiro atoms. The number of benzene rings is 2. The first-order chi connectivity index (χ1) is 14.8. The lowest BCUT2D eigenvalue weighted by Crippen LogP contribution is -2.38. The van der Waals surface area contributed by atoms with Gasteiger partial charge in [0, 0.05) is 12.5 Å². The van der Waals surface area contributed by atoms with Gasteiger partial charge < -0.3 is 19.1 Å². The van der Waals surface area contributed by atoms with E-state index < -0.39 is 0 Å². The average molecular weight is 412 g/mol. The Bertz CT molecular complexity index is 801. The standard InChI is InChI=1S/C25H30FNO3/c26-23-6-8-24(9-7-23)29-15-12-20-10-13-27(14-11-20)17-22(25-18-28-19-30-25)16-21-4-2-1-3-5-21/h1-9,18,20,22H,10-17,19H2. The third-order valence-electron chi connectivity index (χ3n) is 6.01. The molecule has 2 aromatic carbocycles. The summed E-state index contributed by atoms with van der Waals surface area (Å²) in [6.45, 7) is 4.20. The molecule has 1 saturated heterocycles. The molecule has 1 fully saturated rings. The molecule has 2 heterocycles. The monoisotopic (exact) mass is 411 g/mol. The van der Waals surface area contributed by atoms with Crippen molar-refractivity contribution in [1.82, 2.24) is 4.90 Å². The van der Waals surface area contributed by atoms with E-state index in [4.69, 9.17) is 14.2 Å². The van der Waals surface area contributed by atoms with Gasteiger partial charge in [-0.1, -0.05) is 30.3 Å². The Morgan fingerprint density at radius 3 is 2.50 bits per heavy atom. The third-order valence-corrected chi connectivity index (χ3v) is 6.01. The van der Waals surface area contributed by atoms with E-state index in [1.807, 2.05) is 0 Å². The number of ether oxygens (including phenoxy) is 3. The number of hydrogen-bond acceptors (Lipinski definition) is 4. The van der Waals surface area contributed by atoms with Crippen LogP contribution in [-0.2, 0) is 15.9 Å². The molecule has 0 amide bonds. The molecular formula is C25H30FNO3. The molecule has 0 aromatic heterocycles. The Kier molecular flexibility index (Phi) is 7.25. The summed E-state index contributed by atoms with van der Waals surface area (Å²) in [5, 5.41) is 0. The average Bonchev–Trinajstić information content (AvgIpc) is 3.32. The number of hydrogen-bond donors (Lipinski definition) is 0. The number of halogens is 1. The van der Waals surface area contributed by atoms with Crippen LogP contribution in [0.15, 0.2) is 66.6 Å². The minimum absolute atomic E-state index is 0.231. The molecule has 5 heteroatoms. The molecule has 160 valence electrons. The van der Waals surface area contributed by atoms with Gasteiger partial charge in [-0.15, -0.1) is 0 Å². The van der Waals surface area contributed by atoms with Crippen LogP contribution in [0.1, 0.15) is 24.8 Å². The van der Waals surface area contributed by atoms with Crippen molar-refractivity contribution < 1.29 is 18.6 Å². The molecule has 0 aliphatic carbocycles. The van der Waals surface area contributed by atoms with E-state index in [1.165, 1.54) is 30.5 Å². The fourth-order valence-electron chi connectivity index (χ4n) is 4.26. The van der Waals surface area contributed by atoms with Crippen molar-refractivity contribution in [3.8, 4) is 5.75 Å². The zero-order valence-corrected chi connectivity index (χ0v) is 17.3. The van der Waals surface area contributed by atoms with Crippen LogP contribution < -0.4 is 4.74 Å². The molecule has 1 unspecified atom stereocenters. The predicted octanol–water partition coefficient (Wildman–Crippen LogP) is 5.01. The Morgan fingerprint density at radius 1 is 1.03 bits per heavy atom. The lowest BCUT2D eigenvalue weighted by molar-refractivity contribution is 0.0633. The summed E-state index contributed by atoms with van der Waals surface area (Å²) >= 11 is 0. The van der Waals surface area contributed by atoms with Crippen molar-refractivity contribution in [3.63, 3.8) is 0 Å². The number of piperidine rings is 1. The Morgan fingerprint density at radius 2 is 1.80 bits per heavy atom. The summed E-state index contributed by atoms with van der Waals surface area (Å²) < 4.78 is 29.8. The topological polar surface area (TPSA) is 30.9 Å². The van der Waals surface area contributed by atoms with Gasteiger partial charge >= 0.3 is 0 Å². The molecule has 0 saturated carbocycles. The van der Waals surface area contributed by atoms with Crippen LogP contribution >= 0.6 is 0 Å². The fourth-order valence-corrected chi connectivity index (χ4v) is 4.26. The molecule has 1 atom stereocenters. The van der Waals surface area contributed by atoms with Crippen molar-refractivity contribution in [2.75, 3.05) is 33.0 Å². The van der Waals surface area contributed by atoms with Gasteiger partial charge in [-0.3, -0.25) is 0 Å². The lowest BCUT2D eigenvalue weighted by atomic mass is 9.91. The highest BCUT2D eigenvalue weighted by Gasteiger charge is 2.26. The Balaban J connectivity index is 1.22. The van der Waals surface area contributed by atoms with Gasteiger partial charge in [0.25, 0.3) is 0 Å². The van der Waals surface area contributed by atoms with Crippen LogP contribution in [0.2, 0.25) is 0 Å². The predicted molar refractivity (Wildman–Crippen MR) is 114 cm³/mol. The van der Waals surface area contributed by atoms with Crippen LogP contribution in [0, 0.1) is 17.7 Å². The van der Waals surface area contributed by atoms with E-state index in [1.54, 1.807) is 18.4 Å². The van der Waals surface area contributed by atoms with E-state index in [2.05, 4.69) is 35.2 Å². The van der Waals surface area contributed by atoms with Crippen LogP contribution in [0.3, 0.4) is 0 Å². The van der Waals surface area contributed by atoms with Crippen LogP contribution in [0.4, 0.5) is 4.39 Å². The van der Waals surface area contributed by atoms with Gasteiger partial charge in [-0.05, 0) is 74.5 Å². The second-order valence-electron chi connectivity index (χ2n) is 8.17. The molecular weight excluding hydrogens is 381 g/mol. The second kappa shape index (κ2) is 10.5. The molecule has 30 heavy (non-hydrogen) atoms. The quantitative estimate of drug-likeness (QED) is 0.580. The fraction of sp³-hybridized carbons (Fsp3) is 0.440. The summed E-state index contributed by atoms with van der Waals surface area (Å²) in [5.74, 6) is 2.47. The number of rotatable bonds is 9. The van der Waals surface area contributed by atoms with Gasteiger partial charge in [-0.2, -0.15) is 0 Å². The first-order valence-corrected chi connectivity index (χ1v) is 10.9. The highest BCUT2D eigenvalue weighted by Crippen LogP contribution is 2.27. The molecule has 0 N–H and O–H groups in total. The smallest absolute Gasteiger partial charge is 0.229 e. The first-order valence-electron chi connectivity index (χ1n) is 10.9. The molecule has 4 rings (SSSR count). The Labute approximate surface area is 178 Å². The second-order valence-corrected chi connectivity index (χ2v) is 8.17. The maximum absolute atomic E-state index is 13.0. The molecule has 2 aliphatic rings. The summed E-state index contributed by atoms with van der Waals surface area (Å²) in [7, 11) is 0. The van der Waals surface area contributed by atoms with Gasteiger partial charge in [0.1, 0.15) is 23.6 Å². The van der Waals surface area contributed by atoms with E-state index >= 15 is 0 Å². The van der Waals surface area contributed by atoms with Crippen LogP contribution in [0.25, 0.3) is 0 Å². The zero-order valence-electron chi connectivity index (χ0n) is 17.3. The van der Waals surface area contributed by atoms with E-state index in [0.29, 0.717) is 25.2 Å². The maximum atomic E-state index is 13.0. The number of nitrogens with zero attached hydrogens (tertiary/aromatic N) is 1. The van der Waals surface area contributed by atoms with Crippen LogP contribution in [0.5, 0.6) is 5.75 Å². The molecule has 0 bridgehead atoms. The Hall–Kier alpha value is -2.53. The lowest BCUT2D eigenvalue weighted by Gasteiger charge is -2.34. The SMILES string of the molecule is Fc1ccc(OCCC2CCN(CC(Cc3ccccc3)C3=COCO3)CC2)cc1. The van der Waals surface area contributed by atoms with Crippen molar-refractivity contribution in [1.29, 1.82) is 0 Å². The van der Waals surface area contributed by atoms with Gasteiger partial charge in [0.2, 0.25) is 6.79 Å². The van der Waals surface area contributed by atoms with E-state index in [0.717, 1.165) is 44.0 Å². The molecule has 2 aliphatic heterocycles. The van der Waals surface area contributed by atoms with E-state index in [-0.39, 0.29) is 5.82 Å². The molecule has 2 aromatic rings. The summed E-state index contributed by atoms with van der Waals surface area (Å²) in [5.41, 5.74) is 1.33. The van der Waals surface area contributed by atoms with Crippen molar-refractivity contribution in [2.24, 2.45) is 11.8 Å². The molecule has 4 nitrogen and oxygen atoms in total. The highest BCUT2D eigenvalue weighted by molar-refractivity contribution is 5.22. The highest BCUT2D eigenvalue weighted by atomic mass is 19.1. The molecule has 0 radical (unpaired) electrons. The minimum Gasteiger partial charge on any atom is -0.494 e. The largest absolute Gasteiger partial charge is 0.494 e. The first kappa shape index (κ1) is 20.7. The van der Waals surface area contributed by atoms with Gasteiger partial charge in [0.15, 0.2) is 0 Å². The van der Waals surface area contributed by atoms with Gasteiger partial charge in [0.05, 0.1) is 6.61 Å². The van der Waals surface area contributed by atoms with Crippen molar-refractivity contribution in [3.05, 3.63) is 78.0 Å². The summed E-state index contributed by atoms with van der Waals surface area (Å²) in [4.78, 5) is 2.55. The van der Waals surface area contributed by atoms with Gasteiger partial charge in [-0.25, -0.2) is 4.39 Å². The summed E-state index contributed by atoms with van der Waals surface area (Å²) in [6, 6.07) is 16.8. The third kappa shape index (κ3) is 5.99. The summed E-state index contributed by atoms with van der Waals surface area (Å²) in [6.07, 6.45) is 6.15.